The van der Waals surface area contributed by atoms with Crippen LogP contribution in [0.25, 0.3) is 0 Å². The van der Waals surface area contributed by atoms with E-state index in [0.29, 0.717) is 0 Å². The van der Waals surface area contributed by atoms with Gasteiger partial charge in [-0.05, 0) is 6.42 Å². The fraction of sp³-hybridized carbons (Fsp3) is 0.800. The maximum atomic E-state index is 11.6. The molecule has 0 heterocycles. The third-order valence-electron chi connectivity index (χ3n) is 1.16. The van der Waals surface area contributed by atoms with Crippen molar-refractivity contribution in [3.8, 4) is 0 Å². The number of carboxylic acids is 1. The van der Waals surface area contributed by atoms with Crippen LogP contribution in [0.3, 0.4) is 0 Å². The summed E-state index contributed by atoms with van der Waals surface area (Å²) in [5, 5.41) is 8.04. The summed E-state index contributed by atoms with van der Waals surface area (Å²) in [6, 6.07) is 0. The molecule has 0 rings (SSSR count). The van der Waals surface area contributed by atoms with Crippen molar-refractivity contribution >= 4 is 15.8 Å². The predicted molar refractivity (Wildman–Crippen MR) is 36.7 cm³/mol. The quantitative estimate of drug-likeness (QED) is 0.760. The highest BCUT2D eigenvalue weighted by atomic mass is 32.2. The van der Waals surface area contributed by atoms with Crippen LogP contribution in [0, 0.1) is 0 Å². The van der Waals surface area contributed by atoms with Crippen LogP contribution in [0.15, 0.2) is 0 Å². The molecule has 0 saturated carbocycles. The van der Waals surface area contributed by atoms with E-state index in [1.54, 1.807) is 0 Å². The van der Waals surface area contributed by atoms with Crippen molar-refractivity contribution < 1.29 is 31.5 Å². The van der Waals surface area contributed by atoms with Gasteiger partial charge in [-0.3, -0.25) is 4.79 Å². The maximum Gasteiger partial charge on any atom is 0.497 e. The van der Waals surface area contributed by atoms with Gasteiger partial charge in [-0.2, -0.15) is 13.2 Å². The molecule has 0 aliphatic rings. The van der Waals surface area contributed by atoms with Gasteiger partial charge in [0, 0.05) is 6.42 Å². The second kappa shape index (κ2) is 3.95. The van der Waals surface area contributed by atoms with Crippen molar-refractivity contribution in [3.05, 3.63) is 0 Å². The first-order chi connectivity index (χ1) is 5.67. The molecule has 78 valence electrons. The average molecular weight is 220 g/mol. The highest BCUT2D eigenvalue weighted by Crippen LogP contribution is 2.24. The lowest BCUT2D eigenvalue weighted by molar-refractivity contribution is -0.137. The Kier molecular flexibility index (Phi) is 3.71. The summed E-state index contributed by atoms with van der Waals surface area (Å²) >= 11 is 0. The molecule has 8 heteroatoms. The molecule has 0 atom stereocenters. The summed E-state index contributed by atoms with van der Waals surface area (Å²) in [6.45, 7) is 0. The minimum absolute atomic E-state index is 0.531. The second-order valence-electron chi connectivity index (χ2n) is 2.26. The van der Waals surface area contributed by atoms with Crippen molar-refractivity contribution in [2.24, 2.45) is 0 Å². The predicted octanol–water partition coefficient (Wildman–Crippen LogP) is 0.786. The summed E-state index contributed by atoms with van der Waals surface area (Å²) in [5.74, 6) is -2.50. The summed E-state index contributed by atoms with van der Waals surface area (Å²) in [7, 11) is -5.16. The van der Waals surface area contributed by atoms with E-state index in [1.165, 1.54) is 0 Å². The van der Waals surface area contributed by atoms with Gasteiger partial charge in [-0.25, -0.2) is 8.42 Å². The third-order valence-corrected chi connectivity index (χ3v) is 2.69. The van der Waals surface area contributed by atoms with Gasteiger partial charge >= 0.3 is 11.5 Å². The number of hydrogen-bond donors (Lipinski definition) is 1. The molecule has 0 saturated heterocycles. The first kappa shape index (κ1) is 12.2. The lowest BCUT2D eigenvalue weighted by atomic mass is 10.3. The van der Waals surface area contributed by atoms with E-state index >= 15 is 0 Å². The van der Waals surface area contributed by atoms with Crippen LogP contribution in [0.1, 0.15) is 12.8 Å². The number of rotatable bonds is 4. The Labute approximate surface area is 72.3 Å². The molecule has 0 spiro atoms. The second-order valence-corrected chi connectivity index (χ2v) is 4.36. The number of hydrogen-bond acceptors (Lipinski definition) is 3. The van der Waals surface area contributed by atoms with Crippen LogP contribution < -0.4 is 0 Å². The van der Waals surface area contributed by atoms with Crippen molar-refractivity contribution in [2.45, 2.75) is 18.3 Å². The number of aliphatic carboxylic acids is 1. The molecule has 0 fully saturated rings. The molecule has 0 aliphatic heterocycles. The van der Waals surface area contributed by atoms with Gasteiger partial charge in [-0.1, -0.05) is 0 Å². The molecular formula is C5H7F3O4S. The molecule has 0 aromatic rings. The van der Waals surface area contributed by atoms with Crippen molar-refractivity contribution in [2.75, 3.05) is 5.75 Å². The van der Waals surface area contributed by atoms with Crippen LogP contribution >= 0.6 is 0 Å². The summed E-state index contributed by atoms with van der Waals surface area (Å²) in [4.78, 5) is 9.86. The van der Waals surface area contributed by atoms with Gasteiger partial charge in [0.05, 0.1) is 5.75 Å². The molecule has 0 bridgehead atoms. The molecule has 0 unspecified atom stereocenters. The zero-order valence-electron chi connectivity index (χ0n) is 6.34. The molecule has 0 aromatic carbocycles. The van der Waals surface area contributed by atoms with Crippen molar-refractivity contribution in [1.82, 2.24) is 0 Å². The van der Waals surface area contributed by atoms with Gasteiger partial charge in [-0.15, -0.1) is 0 Å². The van der Waals surface area contributed by atoms with Gasteiger partial charge < -0.3 is 5.11 Å². The van der Waals surface area contributed by atoms with Gasteiger partial charge in [0.2, 0.25) is 9.84 Å². The number of sulfone groups is 1. The molecule has 0 amide bonds. The minimum atomic E-state index is -5.29. The Morgan fingerprint density at radius 2 is 1.77 bits per heavy atom. The monoisotopic (exact) mass is 220 g/mol. The topological polar surface area (TPSA) is 71.4 Å². The standard InChI is InChI=1S/C5H7F3O4S/c6-5(7,8)13(11,12)3-1-2-4(9)10/h1-3H2,(H,9,10). The summed E-state index contributed by atoms with van der Waals surface area (Å²) in [5.41, 5.74) is -5.29. The van der Waals surface area contributed by atoms with E-state index in [2.05, 4.69) is 0 Å². The lowest BCUT2D eigenvalue weighted by Crippen LogP contribution is -2.26. The number of carbonyl (C=O) groups is 1. The average Bonchev–Trinajstić information content (AvgIpc) is 1.82. The first-order valence-electron chi connectivity index (χ1n) is 3.17. The van der Waals surface area contributed by atoms with E-state index in [4.69, 9.17) is 5.11 Å². The fourth-order valence-corrected chi connectivity index (χ4v) is 1.28. The molecule has 0 aliphatic carbocycles. The van der Waals surface area contributed by atoms with E-state index in [1.807, 2.05) is 0 Å². The molecule has 1 N–H and O–H groups in total. The minimum Gasteiger partial charge on any atom is -0.481 e. The Bertz CT molecular complexity index is 279. The van der Waals surface area contributed by atoms with E-state index in [0.717, 1.165) is 0 Å². The van der Waals surface area contributed by atoms with Crippen LogP contribution in [0.5, 0.6) is 0 Å². The van der Waals surface area contributed by atoms with E-state index in [-0.39, 0.29) is 0 Å². The normalized spacial score (nSPS) is 12.8. The Balaban J connectivity index is 4.15. The number of halogens is 3. The smallest absolute Gasteiger partial charge is 0.481 e. The zero-order valence-corrected chi connectivity index (χ0v) is 7.15. The van der Waals surface area contributed by atoms with Crippen LogP contribution in [-0.2, 0) is 14.6 Å². The largest absolute Gasteiger partial charge is 0.497 e. The highest BCUT2D eigenvalue weighted by molar-refractivity contribution is 7.92. The molecule has 13 heavy (non-hydrogen) atoms. The van der Waals surface area contributed by atoms with Crippen molar-refractivity contribution in [3.63, 3.8) is 0 Å². The highest BCUT2D eigenvalue weighted by Gasteiger charge is 2.44. The first-order valence-corrected chi connectivity index (χ1v) is 4.83. The SMILES string of the molecule is O=C(O)CCCS(=O)(=O)C(F)(F)F. The van der Waals surface area contributed by atoms with Crippen LogP contribution in [0.4, 0.5) is 13.2 Å². The molecule has 4 nitrogen and oxygen atoms in total. The van der Waals surface area contributed by atoms with Gasteiger partial charge in [0.1, 0.15) is 0 Å². The number of carboxylic acid groups (broad SMARTS) is 1. The van der Waals surface area contributed by atoms with E-state index in [9.17, 15) is 26.4 Å². The Morgan fingerprint density at radius 3 is 2.08 bits per heavy atom. The van der Waals surface area contributed by atoms with Crippen molar-refractivity contribution in [1.29, 1.82) is 0 Å². The Hall–Kier alpha value is -0.790. The summed E-state index contributed by atoms with van der Waals surface area (Å²) in [6.07, 6.45) is -1.12. The molecule has 0 radical (unpaired) electrons. The third kappa shape index (κ3) is 4.11. The van der Waals surface area contributed by atoms with Gasteiger partial charge in [0.25, 0.3) is 0 Å². The molecule has 0 aromatic heterocycles. The Morgan fingerprint density at radius 1 is 1.31 bits per heavy atom. The van der Waals surface area contributed by atoms with E-state index < -0.39 is 39.9 Å². The fourth-order valence-electron chi connectivity index (χ4n) is 0.529. The summed E-state index contributed by atoms with van der Waals surface area (Å²) < 4.78 is 55.5. The lowest BCUT2D eigenvalue weighted by Gasteiger charge is -2.06. The molecular weight excluding hydrogens is 213 g/mol. The number of alkyl halides is 3. The zero-order chi connectivity index (χ0) is 10.7. The van der Waals surface area contributed by atoms with Crippen LogP contribution in [0.2, 0.25) is 0 Å². The van der Waals surface area contributed by atoms with Gasteiger partial charge in [0.15, 0.2) is 0 Å². The van der Waals surface area contributed by atoms with Crippen LogP contribution in [-0.4, -0.2) is 30.8 Å². The maximum absolute atomic E-state index is 11.6.